The number of thiazole rings is 1. The van der Waals surface area contributed by atoms with Crippen molar-refractivity contribution in [3.8, 4) is 10.6 Å². The smallest absolute Gasteiger partial charge is 0.227 e. The molecule has 0 fully saturated rings. The third kappa shape index (κ3) is 3.71. The summed E-state index contributed by atoms with van der Waals surface area (Å²) in [7, 11) is 0. The lowest BCUT2D eigenvalue weighted by Crippen LogP contribution is -1.98. The van der Waals surface area contributed by atoms with Gasteiger partial charge in [-0.25, -0.2) is 15.0 Å². The fraction of sp³-hybridized carbons (Fsp3) is 0.188. The van der Waals surface area contributed by atoms with Crippen molar-refractivity contribution < 1.29 is 0 Å². The van der Waals surface area contributed by atoms with E-state index < -0.39 is 0 Å². The first-order valence-corrected chi connectivity index (χ1v) is 9.07. The third-order valence-corrected chi connectivity index (χ3v) is 5.31. The highest BCUT2D eigenvalue weighted by atomic mass is 79.9. The molecule has 0 bridgehead atoms. The summed E-state index contributed by atoms with van der Waals surface area (Å²) in [6.07, 6.45) is 2.67. The number of aromatic nitrogens is 3. The number of rotatable bonds is 4. The Hall–Kier alpha value is -1.50. The van der Waals surface area contributed by atoms with Crippen molar-refractivity contribution in [3.05, 3.63) is 50.7 Å². The molecule has 0 aliphatic rings. The summed E-state index contributed by atoms with van der Waals surface area (Å²) in [6, 6.07) is 7.46. The van der Waals surface area contributed by atoms with Crippen LogP contribution in [0, 0.1) is 6.92 Å². The van der Waals surface area contributed by atoms with E-state index in [2.05, 4.69) is 43.1 Å². The predicted octanol–water partition coefficient (Wildman–Crippen LogP) is 5.63. The molecule has 0 saturated carbocycles. The summed E-state index contributed by atoms with van der Waals surface area (Å²) < 4.78 is 0.851. The van der Waals surface area contributed by atoms with Crippen LogP contribution in [0.2, 0.25) is 5.02 Å². The van der Waals surface area contributed by atoms with Gasteiger partial charge in [-0.15, -0.1) is 11.3 Å². The highest BCUT2D eigenvalue weighted by Gasteiger charge is 2.15. The van der Waals surface area contributed by atoms with Crippen LogP contribution in [-0.2, 0) is 6.42 Å². The first kappa shape index (κ1) is 16.4. The minimum atomic E-state index is 0.524. The fourth-order valence-corrected chi connectivity index (χ4v) is 3.82. The van der Waals surface area contributed by atoms with Gasteiger partial charge in [0.1, 0.15) is 5.69 Å². The maximum absolute atomic E-state index is 6.01. The van der Waals surface area contributed by atoms with Crippen molar-refractivity contribution in [2.45, 2.75) is 20.3 Å². The van der Waals surface area contributed by atoms with E-state index in [1.165, 1.54) is 0 Å². The van der Waals surface area contributed by atoms with Crippen LogP contribution in [-0.4, -0.2) is 15.0 Å². The molecule has 4 nitrogen and oxygen atoms in total. The Kier molecular flexibility index (Phi) is 4.94. The summed E-state index contributed by atoms with van der Waals surface area (Å²) >= 11 is 11.2. The molecule has 0 amide bonds. The number of benzene rings is 1. The van der Waals surface area contributed by atoms with Crippen molar-refractivity contribution in [1.29, 1.82) is 0 Å². The first-order valence-electron chi connectivity index (χ1n) is 7.08. The number of anilines is 2. The zero-order chi connectivity index (χ0) is 16.4. The van der Waals surface area contributed by atoms with Gasteiger partial charge in [0.25, 0.3) is 0 Å². The molecule has 118 valence electrons. The first-order chi connectivity index (χ1) is 11.1. The second-order valence-electron chi connectivity index (χ2n) is 4.90. The average Bonchev–Trinajstić information content (AvgIpc) is 2.90. The Morgan fingerprint density at radius 2 is 2.13 bits per heavy atom. The van der Waals surface area contributed by atoms with E-state index in [-0.39, 0.29) is 0 Å². The maximum Gasteiger partial charge on any atom is 0.227 e. The highest BCUT2D eigenvalue weighted by Crippen LogP contribution is 2.34. The van der Waals surface area contributed by atoms with E-state index in [4.69, 9.17) is 11.6 Å². The quantitative estimate of drug-likeness (QED) is 0.606. The second kappa shape index (κ2) is 6.95. The van der Waals surface area contributed by atoms with Crippen molar-refractivity contribution in [3.63, 3.8) is 0 Å². The molecular weight excluding hydrogens is 396 g/mol. The van der Waals surface area contributed by atoms with Crippen molar-refractivity contribution in [2.75, 3.05) is 5.32 Å². The Morgan fingerprint density at radius 3 is 2.83 bits per heavy atom. The van der Waals surface area contributed by atoms with Gasteiger partial charge in [-0.1, -0.05) is 24.6 Å². The van der Waals surface area contributed by atoms with Gasteiger partial charge in [0.2, 0.25) is 5.95 Å². The summed E-state index contributed by atoms with van der Waals surface area (Å²) in [4.78, 5) is 14.6. The van der Waals surface area contributed by atoms with Crippen LogP contribution in [0.1, 0.15) is 17.6 Å². The van der Waals surface area contributed by atoms with E-state index in [0.29, 0.717) is 11.0 Å². The van der Waals surface area contributed by atoms with Gasteiger partial charge < -0.3 is 5.32 Å². The molecule has 1 N–H and O–H groups in total. The van der Waals surface area contributed by atoms with Gasteiger partial charge >= 0.3 is 0 Å². The summed E-state index contributed by atoms with van der Waals surface area (Å²) in [5.41, 5.74) is 2.68. The third-order valence-electron chi connectivity index (χ3n) is 3.18. The molecule has 0 spiro atoms. The normalized spacial score (nSPS) is 10.8. The monoisotopic (exact) mass is 408 g/mol. The SMILES string of the molecule is CCc1nc(C)c(-c2nc(Nc3cccc(Cl)c3)ncc2Br)s1. The van der Waals surface area contributed by atoms with Crippen LogP contribution >= 0.6 is 38.9 Å². The summed E-state index contributed by atoms with van der Waals surface area (Å²) in [5, 5.41) is 4.95. The molecule has 0 aliphatic carbocycles. The van der Waals surface area contributed by atoms with Gasteiger partial charge in [-0.3, -0.25) is 0 Å². The van der Waals surface area contributed by atoms with E-state index in [9.17, 15) is 0 Å². The Bertz CT molecular complexity index is 850. The summed E-state index contributed by atoms with van der Waals surface area (Å²) in [5.74, 6) is 0.524. The number of aryl methyl sites for hydroxylation is 2. The van der Waals surface area contributed by atoms with Crippen molar-refractivity contribution in [2.24, 2.45) is 0 Å². The maximum atomic E-state index is 6.01. The Labute approximate surface area is 152 Å². The fourth-order valence-electron chi connectivity index (χ4n) is 2.11. The molecule has 0 saturated heterocycles. The van der Waals surface area contributed by atoms with Gasteiger partial charge in [-0.05, 0) is 47.5 Å². The van der Waals surface area contributed by atoms with Crippen LogP contribution in [0.25, 0.3) is 10.6 Å². The number of nitrogens with zero attached hydrogens (tertiary/aromatic N) is 3. The summed E-state index contributed by atoms with van der Waals surface area (Å²) in [6.45, 7) is 4.10. The van der Waals surface area contributed by atoms with Gasteiger partial charge in [0, 0.05) is 16.9 Å². The standard InChI is InChI=1S/C16H14BrClN4S/c1-3-13-20-9(2)15(23-13)14-12(17)8-19-16(22-14)21-11-6-4-5-10(18)7-11/h4-8H,3H2,1-2H3,(H,19,21,22). The van der Waals surface area contributed by atoms with E-state index in [1.807, 2.05) is 31.2 Å². The molecule has 3 rings (SSSR count). The van der Waals surface area contributed by atoms with Crippen molar-refractivity contribution in [1.82, 2.24) is 15.0 Å². The molecule has 0 radical (unpaired) electrons. The lowest BCUT2D eigenvalue weighted by atomic mass is 10.3. The van der Waals surface area contributed by atoms with Gasteiger partial charge in [0.05, 0.1) is 20.1 Å². The molecule has 0 aliphatic heterocycles. The van der Waals surface area contributed by atoms with Crippen molar-refractivity contribution >= 4 is 50.5 Å². The molecule has 2 heterocycles. The largest absolute Gasteiger partial charge is 0.324 e. The van der Waals surface area contributed by atoms with Gasteiger partial charge in [0.15, 0.2) is 0 Å². The van der Waals surface area contributed by atoms with Crippen LogP contribution in [0.3, 0.4) is 0 Å². The molecule has 23 heavy (non-hydrogen) atoms. The number of nitrogens with one attached hydrogen (secondary N) is 1. The van der Waals surface area contributed by atoms with E-state index >= 15 is 0 Å². The molecule has 3 aromatic rings. The topological polar surface area (TPSA) is 50.7 Å². The second-order valence-corrected chi connectivity index (χ2v) is 7.28. The number of halogens is 2. The highest BCUT2D eigenvalue weighted by molar-refractivity contribution is 9.10. The predicted molar refractivity (Wildman–Crippen MR) is 99.7 cm³/mol. The minimum Gasteiger partial charge on any atom is -0.324 e. The van der Waals surface area contributed by atoms with Crippen LogP contribution < -0.4 is 5.32 Å². The Balaban J connectivity index is 1.97. The molecule has 1 aromatic carbocycles. The lowest BCUT2D eigenvalue weighted by molar-refractivity contribution is 1.07. The molecule has 2 aromatic heterocycles. The van der Waals surface area contributed by atoms with E-state index in [1.54, 1.807) is 17.5 Å². The Morgan fingerprint density at radius 1 is 1.30 bits per heavy atom. The molecular formula is C16H14BrClN4S. The zero-order valence-electron chi connectivity index (χ0n) is 12.6. The minimum absolute atomic E-state index is 0.524. The number of hydrogen-bond donors (Lipinski definition) is 1. The lowest BCUT2D eigenvalue weighted by Gasteiger charge is -2.08. The molecule has 0 unspecified atom stereocenters. The van der Waals surface area contributed by atoms with Crippen LogP contribution in [0.5, 0.6) is 0 Å². The van der Waals surface area contributed by atoms with Gasteiger partial charge in [-0.2, -0.15) is 0 Å². The molecule has 7 heteroatoms. The van der Waals surface area contributed by atoms with Crippen LogP contribution in [0.15, 0.2) is 34.9 Å². The zero-order valence-corrected chi connectivity index (χ0v) is 15.8. The average molecular weight is 410 g/mol. The van der Waals surface area contributed by atoms with E-state index in [0.717, 1.165) is 37.9 Å². The molecule has 0 atom stereocenters. The van der Waals surface area contributed by atoms with Crippen LogP contribution in [0.4, 0.5) is 11.6 Å². The number of hydrogen-bond acceptors (Lipinski definition) is 5.